The first-order valence-corrected chi connectivity index (χ1v) is 15.7. The fraction of sp³-hybridized carbons (Fsp3) is 0.688. The molecule has 5 aliphatic rings. The average molecular weight is 492 g/mol. The largest absolute Gasteiger partial charge is 0.485 e. The van der Waals surface area contributed by atoms with Gasteiger partial charge >= 0.3 is 0 Å². The summed E-state index contributed by atoms with van der Waals surface area (Å²) in [5, 5.41) is 0.552. The van der Waals surface area contributed by atoms with E-state index in [1.165, 1.54) is 81.2 Å². The van der Waals surface area contributed by atoms with Gasteiger partial charge in [0.25, 0.3) is 0 Å². The Labute approximate surface area is 218 Å². The van der Waals surface area contributed by atoms with E-state index in [-0.39, 0.29) is 11.1 Å². The second-order valence-corrected chi connectivity index (χ2v) is 13.1. The highest BCUT2D eigenvalue weighted by atomic mass is 32.2. The monoisotopic (exact) mass is 491 g/mol. The lowest BCUT2D eigenvalue weighted by Crippen LogP contribution is -2.55. The number of nitrogens with zero attached hydrogens (tertiary/aromatic N) is 1. The van der Waals surface area contributed by atoms with Crippen molar-refractivity contribution in [3.05, 3.63) is 57.9 Å². The molecule has 0 radical (unpaired) electrons. The number of fused-ring (bicyclic) bond motifs is 2. The van der Waals surface area contributed by atoms with Gasteiger partial charge in [0.1, 0.15) is 5.76 Å². The Morgan fingerprint density at radius 2 is 1.71 bits per heavy atom. The van der Waals surface area contributed by atoms with Crippen molar-refractivity contribution in [2.24, 2.45) is 5.92 Å². The van der Waals surface area contributed by atoms with Gasteiger partial charge in [-0.2, -0.15) is 0 Å². The van der Waals surface area contributed by atoms with Gasteiger partial charge in [-0.1, -0.05) is 69.9 Å². The first-order valence-electron chi connectivity index (χ1n) is 14.7. The van der Waals surface area contributed by atoms with E-state index in [0.717, 1.165) is 37.5 Å². The Morgan fingerprint density at radius 1 is 1.00 bits per heavy atom. The summed E-state index contributed by atoms with van der Waals surface area (Å²) in [6.45, 7) is 9.55. The summed E-state index contributed by atoms with van der Waals surface area (Å²) in [6, 6.07) is 9.39. The summed E-state index contributed by atoms with van der Waals surface area (Å²) >= 11 is 2.17. The van der Waals surface area contributed by atoms with Crippen LogP contribution in [0.25, 0.3) is 0 Å². The molecule has 2 aliphatic carbocycles. The zero-order valence-electron chi connectivity index (χ0n) is 22.3. The second-order valence-electron chi connectivity index (χ2n) is 12.1. The van der Waals surface area contributed by atoms with Crippen LogP contribution < -0.4 is 0 Å². The lowest BCUT2D eigenvalue weighted by Gasteiger charge is -2.49. The molecule has 0 spiro atoms. The van der Waals surface area contributed by atoms with Gasteiger partial charge in [-0.05, 0) is 79.6 Å². The molecule has 3 heteroatoms. The molecule has 35 heavy (non-hydrogen) atoms. The van der Waals surface area contributed by atoms with E-state index >= 15 is 0 Å². The van der Waals surface area contributed by atoms with E-state index in [4.69, 9.17) is 4.74 Å². The molecule has 3 aliphatic heterocycles. The molecule has 1 saturated heterocycles. The van der Waals surface area contributed by atoms with Gasteiger partial charge in [-0.15, -0.1) is 11.8 Å². The number of allylic oxidation sites excluding steroid dienone is 1. The summed E-state index contributed by atoms with van der Waals surface area (Å²) < 4.78 is 7.20. The second kappa shape index (κ2) is 9.60. The molecule has 1 aromatic rings. The van der Waals surface area contributed by atoms with E-state index in [0.29, 0.717) is 5.25 Å². The fourth-order valence-electron chi connectivity index (χ4n) is 7.55. The topological polar surface area (TPSA) is 12.5 Å². The van der Waals surface area contributed by atoms with E-state index in [9.17, 15) is 0 Å². The van der Waals surface area contributed by atoms with Crippen molar-refractivity contribution in [1.82, 2.24) is 4.90 Å². The molecule has 1 aromatic carbocycles. The molecule has 0 N–H and O–H groups in total. The minimum atomic E-state index is -0.0430. The van der Waals surface area contributed by atoms with Crippen LogP contribution in [-0.2, 0) is 17.6 Å². The molecule has 2 nitrogen and oxygen atoms in total. The Hall–Kier alpha value is -1.19. The van der Waals surface area contributed by atoms with Crippen LogP contribution in [0.15, 0.2) is 46.7 Å². The Kier molecular flexibility index (Phi) is 6.63. The first kappa shape index (κ1) is 24.2. The van der Waals surface area contributed by atoms with Crippen molar-refractivity contribution in [3.63, 3.8) is 0 Å². The van der Waals surface area contributed by atoms with Crippen LogP contribution in [0.3, 0.4) is 0 Å². The summed E-state index contributed by atoms with van der Waals surface area (Å²) in [6.07, 6.45) is 15.6. The molecule has 2 atom stereocenters. The number of rotatable bonds is 8. The maximum Gasteiger partial charge on any atom is 0.155 e. The molecule has 0 amide bonds. The highest BCUT2D eigenvalue weighted by Gasteiger charge is 2.62. The van der Waals surface area contributed by atoms with E-state index in [1.54, 1.807) is 16.7 Å². The van der Waals surface area contributed by atoms with Crippen molar-refractivity contribution in [2.75, 3.05) is 18.8 Å². The van der Waals surface area contributed by atoms with Gasteiger partial charge in [-0.3, -0.25) is 4.90 Å². The lowest BCUT2D eigenvalue weighted by atomic mass is 9.78. The number of hydrogen-bond acceptors (Lipinski definition) is 3. The maximum absolute atomic E-state index is 7.20. The van der Waals surface area contributed by atoms with Crippen LogP contribution >= 0.6 is 11.8 Å². The summed E-state index contributed by atoms with van der Waals surface area (Å²) in [7, 11) is 0. The number of benzene rings is 1. The van der Waals surface area contributed by atoms with Gasteiger partial charge in [-0.25, -0.2) is 0 Å². The van der Waals surface area contributed by atoms with Gasteiger partial charge in [0, 0.05) is 30.8 Å². The Morgan fingerprint density at radius 3 is 2.31 bits per heavy atom. The predicted octanol–water partition coefficient (Wildman–Crippen LogP) is 7.87. The van der Waals surface area contributed by atoms with Crippen molar-refractivity contribution in [2.45, 2.75) is 114 Å². The minimum absolute atomic E-state index is 0.0430. The molecule has 2 unspecified atom stereocenters. The predicted molar refractivity (Wildman–Crippen MR) is 149 cm³/mol. The minimum Gasteiger partial charge on any atom is -0.485 e. The zero-order valence-corrected chi connectivity index (χ0v) is 23.2. The summed E-state index contributed by atoms with van der Waals surface area (Å²) in [4.78, 5) is 2.94. The zero-order chi connectivity index (χ0) is 24.0. The average Bonchev–Trinajstić information content (AvgIpc) is 3.70. The van der Waals surface area contributed by atoms with Gasteiger partial charge < -0.3 is 4.74 Å². The van der Waals surface area contributed by atoms with Gasteiger partial charge in [0.2, 0.25) is 0 Å². The highest BCUT2D eigenvalue weighted by Crippen LogP contribution is 2.61. The number of thioether (sulfide) groups is 1. The molecule has 3 heterocycles. The van der Waals surface area contributed by atoms with Crippen molar-refractivity contribution >= 4 is 11.8 Å². The highest BCUT2D eigenvalue weighted by molar-refractivity contribution is 8.01. The molecule has 3 fully saturated rings. The summed E-state index contributed by atoms with van der Waals surface area (Å²) in [5.41, 5.74) is 8.16. The molecule has 190 valence electrons. The third kappa shape index (κ3) is 4.23. The van der Waals surface area contributed by atoms with Crippen LogP contribution in [0.2, 0.25) is 0 Å². The third-order valence-corrected chi connectivity index (χ3v) is 11.8. The molecular formula is C32H45NOS. The van der Waals surface area contributed by atoms with Gasteiger partial charge in [0.05, 0.1) is 5.25 Å². The molecule has 2 saturated carbocycles. The van der Waals surface area contributed by atoms with E-state index in [2.05, 4.69) is 61.7 Å². The summed E-state index contributed by atoms with van der Waals surface area (Å²) in [5.74, 6) is 3.44. The van der Waals surface area contributed by atoms with Crippen LogP contribution in [0.5, 0.6) is 0 Å². The Bertz CT molecular complexity index is 991. The number of ether oxygens (including phenoxy) is 1. The van der Waals surface area contributed by atoms with Crippen LogP contribution in [0.4, 0.5) is 0 Å². The van der Waals surface area contributed by atoms with E-state index in [1.807, 2.05) is 0 Å². The van der Waals surface area contributed by atoms with Crippen LogP contribution in [-0.4, -0.2) is 40.1 Å². The molecular weight excluding hydrogens is 446 g/mol. The standard InChI is InChI=1S/C32H45NOS/c1-4-23-12-14-24(15-13-23)18-28(26-16-17-26)32-22-35-30(32)27-21-33(20-25-10-8-7-9-11-25)31(5-2,6-3)19-29(27)34-32/h12-15,25,30H,4-11,16-22H2,1-3H3. The number of hydrogen-bond donors (Lipinski definition) is 0. The smallest absolute Gasteiger partial charge is 0.155 e. The molecule has 6 rings (SSSR count). The molecule has 0 bridgehead atoms. The van der Waals surface area contributed by atoms with E-state index < -0.39 is 0 Å². The quantitative estimate of drug-likeness (QED) is 0.343. The number of aryl methyl sites for hydroxylation is 1. The van der Waals surface area contributed by atoms with Crippen molar-refractivity contribution in [3.8, 4) is 0 Å². The van der Waals surface area contributed by atoms with Gasteiger partial charge in [0.15, 0.2) is 5.60 Å². The fourth-order valence-corrected chi connectivity index (χ4v) is 9.01. The maximum atomic E-state index is 7.20. The van der Waals surface area contributed by atoms with Crippen molar-refractivity contribution < 1.29 is 4.74 Å². The van der Waals surface area contributed by atoms with Crippen LogP contribution in [0.1, 0.15) is 96.1 Å². The normalized spacial score (nSPS) is 29.9. The van der Waals surface area contributed by atoms with Crippen molar-refractivity contribution in [1.29, 1.82) is 0 Å². The first-order chi connectivity index (χ1) is 17.1. The third-order valence-electron chi connectivity index (χ3n) is 10.2. The SMILES string of the molecule is CCc1ccc(CC(=C2CC2)C23CSC2C2=C(CC(CC)(CC)N(CC4CCCCC4)C2)O3)cc1. The van der Waals surface area contributed by atoms with Crippen LogP contribution in [0, 0.1) is 5.92 Å². The molecule has 0 aromatic heterocycles. The Balaban J connectivity index is 1.26. The lowest BCUT2D eigenvalue weighted by molar-refractivity contribution is 0.0193.